The van der Waals surface area contributed by atoms with E-state index in [1.54, 1.807) is 24.3 Å². The number of rotatable bonds is 4. The lowest BCUT2D eigenvalue weighted by molar-refractivity contribution is -0.116. The average molecular weight is 360 g/mol. The zero-order valence-corrected chi connectivity index (χ0v) is 14.5. The van der Waals surface area contributed by atoms with Crippen LogP contribution in [0.15, 0.2) is 48.8 Å². The molecule has 3 rings (SSSR count). The molecule has 0 spiro atoms. The number of nitrogens with zero attached hydrogens (tertiary/aromatic N) is 2. The second-order valence-corrected chi connectivity index (χ2v) is 6.16. The number of amides is 1. The first kappa shape index (κ1) is 16.6. The van der Waals surface area contributed by atoms with Crippen LogP contribution in [0, 0.1) is 6.92 Å². The lowest BCUT2D eigenvalue weighted by atomic mass is 10.2. The van der Waals surface area contributed by atoms with E-state index in [1.807, 2.05) is 35.9 Å². The number of fused-ring (bicyclic) bond motifs is 1. The van der Waals surface area contributed by atoms with E-state index in [-0.39, 0.29) is 5.91 Å². The maximum Gasteiger partial charge on any atom is 0.244 e. The van der Waals surface area contributed by atoms with Gasteiger partial charge in [-0.3, -0.25) is 4.79 Å². The van der Waals surface area contributed by atoms with Crippen molar-refractivity contribution in [2.75, 3.05) is 0 Å². The molecule has 0 aliphatic rings. The highest BCUT2D eigenvalue weighted by Gasteiger charge is 2.05. The number of benzene rings is 1. The second-order valence-electron chi connectivity index (χ2n) is 5.34. The van der Waals surface area contributed by atoms with Crippen LogP contribution >= 0.6 is 23.2 Å². The predicted molar refractivity (Wildman–Crippen MR) is 97.3 cm³/mol. The summed E-state index contributed by atoms with van der Waals surface area (Å²) in [4.78, 5) is 16.5. The van der Waals surface area contributed by atoms with Crippen LogP contribution in [0.2, 0.25) is 10.0 Å². The summed E-state index contributed by atoms with van der Waals surface area (Å²) in [6.45, 7) is 2.35. The quantitative estimate of drug-likeness (QED) is 0.706. The molecule has 0 aliphatic carbocycles. The molecule has 1 amide bonds. The Balaban J connectivity index is 1.66. The van der Waals surface area contributed by atoms with Crippen LogP contribution in [-0.2, 0) is 11.3 Å². The lowest BCUT2D eigenvalue weighted by Gasteiger charge is -2.01. The maximum atomic E-state index is 12.0. The molecule has 0 aliphatic heterocycles. The molecule has 0 fully saturated rings. The zero-order chi connectivity index (χ0) is 17.1. The van der Waals surface area contributed by atoms with Gasteiger partial charge < -0.3 is 9.72 Å². The van der Waals surface area contributed by atoms with Crippen molar-refractivity contribution in [3.8, 4) is 0 Å². The molecule has 24 heavy (non-hydrogen) atoms. The molecule has 0 saturated heterocycles. The van der Waals surface area contributed by atoms with E-state index in [2.05, 4.69) is 10.3 Å². The monoisotopic (exact) mass is 359 g/mol. The molecule has 2 heterocycles. The van der Waals surface area contributed by atoms with E-state index >= 15 is 0 Å². The van der Waals surface area contributed by atoms with Crippen LogP contribution in [0.25, 0.3) is 11.7 Å². The molecular formula is C18H15Cl2N3O. The first-order valence-corrected chi connectivity index (χ1v) is 8.13. The number of carbonyl (C=O) groups excluding carboxylic acids is 1. The van der Waals surface area contributed by atoms with Crippen molar-refractivity contribution >= 4 is 40.8 Å². The summed E-state index contributed by atoms with van der Waals surface area (Å²) in [6, 6.07) is 9.17. The minimum Gasteiger partial charge on any atom is -0.347 e. The van der Waals surface area contributed by atoms with Gasteiger partial charge in [0.15, 0.2) is 0 Å². The summed E-state index contributed by atoms with van der Waals surface area (Å²) in [7, 11) is 0. The topological polar surface area (TPSA) is 46.4 Å². The Hall–Kier alpha value is -2.30. The van der Waals surface area contributed by atoms with Gasteiger partial charge in [-0.1, -0.05) is 35.3 Å². The first-order valence-electron chi connectivity index (χ1n) is 7.38. The van der Waals surface area contributed by atoms with E-state index in [9.17, 15) is 4.79 Å². The molecule has 2 aromatic heterocycles. The molecule has 6 heteroatoms. The standard InChI is InChI=1S/C18H15Cl2N3O/c1-12-4-3-9-23-11-13(22-18(12)23)10-21-17(24)8-7-14-15(19)5-2-6-16(14)20/h2-9,11H,10H2,1H3,(H,21,24). The number of nitrogens with one attached hydrogen (secondary N) is 1. The van der Waals surface area contributed by atoms with E-state index in [0.29, 0.717) is 22.2 Å². The maximum absolute atomic E-state index is 12.0. The number of pyridine rings is 1. The fraction of sp³-hybridized carbons (Fsp3) is 0.111. The SMILES string of the molecule is Cc1cccn2cc(CNC(=O)C=Cc3c(Cl)cccc3Cl)nc12. The molecule has 4 nitrogen and oxygen atoms in total. The highest BCUT2D eigenvalue weighted by atomic mass is 35.5. The number of hydrogen-bond donors (Lipinski definition) is 1. The fourth-order valence-electron chi connectivity index (χ4n) is 2.36. The Kier molecular flexibility index (Phi) is 4.88. The number of aromatic nitrogens is 2. The molecule has 0 unspecified atom stereocenters. The van der Waals surface area contributed by atoms with Gasteiger partial charge in [-0.15, -0.1) is 0 Å². The number of aryl methyl sites for hydroxylation is 1. The van der Waals surface area contributed by atoms with Crippen LogP contribution in [0.5, 0.6) is 0 Å². The van der Waals surface area contributed by atoms with Crippen molar-refractivity contribution in [3.05, 3.63) is 75.7 Å². The molecule has 1 N–H and O–H groups in total. The van der Waals surface area contributed by atoms with Gasteiger partial charge in [-0.05, 0) is 36.8 Å². The van der Waals surface area contributed by atoms with E-state index in [4.69, 9.17) is 23.2 Å². The van der Waals surface area contributed by atoms with Crippen LogP contribution < -0.4 is 5.32 Å². The van der Waals surface area contributed by atoms with Crippen molar-refractivity contribution in [1.29, 1.82) is 0 Å². The number of imidazole rings is 1. The normalized spacial score (nSPS) is 11.3. The summed E-state index contributed by atoms with van der Waals surface area (Å²) < 4.78 is 1.94. The van der Waals surface area contributed by atoms with Crippen LogP contribution in [0.1, 0.15) is 16.8 Å². The van der Waals surface area contributed by atoms with Gasteiger partial charge >= 0.3 is 0 Å². The van der Waals surface area contributed by atoms with E-state index in [1.165, 1.54) is 6.08 Å². The van der Waals surface area contributed by atoms with Gasteiger partial charge in [0.25, 0.3) is 0 Å². The molecule has 0 saturated carbocycles. The Bertz CT molecular complexity index is 911. The van der Waals surface area contributed by atoms with Crippen molar-refractivity contribution < 1.29 is 4.79 Å². The molecule has 0 atom stereocenters. The molecule has 3 aromatic rings. The molecule has 122 valence electrons. The largest absolute Gasteiger partial charge is 0.347 e. The minimum atomic E-state index is -0.236. The average Bonchev–Trinajstić information content (AvgIpc) is 2.97. The smallest absolute Gasteiger partial charge is 0.244 e. The van der Waals surface area contributed by atoms with Crippen molar-refractivity contribution in [2.24, 2.45) is 0 Å². The van der Waals surface area contributed by atoms with Crippen molar-refractivity contribution in [1.82, 2.24) is 14.7 Å². The molecular weight excluding hydrogens is 345 g/mol. The van der Waals surface area contributed by atoms with Gasteiger partial charge in [0.2, 0.25) is 5.91 Å². The molecule has 0 radical (unpaired) electrons. The molecule has 1 aromatic carbocycles. The third-order valence-corrected chi connectivity index (χ3v) is 4.23. The highest BCUT2D eigenvalue weighted by molar-refractivity contribution is 6.37. The van der Waals surface area contributed by atoms with E-state index in [0.717, 1.165) is 16.9 Å². The number of carbonyl (C=O) groups is 1. The van der Waals surface area contributed by atoms with Crippen LogP contribution in [-0.4, -0.2) is 15.3 Å². The van der Waals surface area contributed by atoms with Gasteiger partial charge in [0, 0.05) is 34.1 Å². The van der Waals surface area contributed by atoms with Crippen LogP contribution in [0.3, 0.4) is 0 Å². The third kappa shape index (κ3) is 3.61. The summed E-state index contributed by atoms with van der Waals surface area (Å²) in [5.41, 5.74) is 3.39. The lowest BCUT2D eigenvalue weighted by Crippen LogP contribution is -2.20. The first-order chi connectivity index (χ1) is 11.5. The summed E-state index contributed by atoms with van der Waals surface area (Å²) in [5, 5.41) is 3.81. The number of hydrogen-bond acceptors (Lipinski definition) is 2. The Morgan fingerprint density at radius 3 is 2.71 bits per heavy atom. The highest BCUT2D eigenvalue weighted by Crippen LogP contribution is 2.25. The predicted octanol–water partition coefficient (Wildman–Crippen LogP) is 4.28. The minimum absolute atomic E-state index is 0.236. The van der Waals surface area contributed by atoms with Crippen molar-refractivity contribution in [3.63, 3.8) is 0 Å². The number of halogens is 2. The Morgan fingerprint density at radius 2 is 2.00 bits per heavy atom. The Morgan fingerprint density at radius 1 is 1.25 bits per heavy atom. The summed E-state index contributed by atoms with van der Waals surface area (Å²) >= 11 is 12.1. The summed E-state index contributed by atoms with van der Waals surface area (Å²) in [6.07, 6.45) is 6.85. The Labute approximate surface area is 149 Å². The fourth-order valence-corrected chi connectivity index (χ4v) is 2.88. The van der Waals surface area contributed by atoms with Crippen molar-refractivity contribution in [2.45, 2.75) is 13.5 Å². The van der Waals surface area contributed by atoms with Crippen LogP contribution in [0.4, 0.5) is 0 Å². The zero-order valence-electron chi connectivity index (χ0n) is 13.0. The second kappa shape index (κ2) is 7.07. The van der Waals surface area contributed by atoms with Gasteiger partial charge in [0.1, 0.15) is 5.65 Å². The van der Waals surface area contributed by atoms with Gasteiger partial charge in [0.05, 0.1) is 12.2 Å². The van der Waals surface area contributed by atoms with Gasteiger partial charge in [-0.25, -0.2) is 4.98 Å². The molecule has 0 bridgehead atoms. The van der Waals surface area contributed by atoms with E-state index < -0.39 is 0 Å². The third-order valence-electron chi connectivity index (χ3n) is 3.57. The summed E-state index contributed by atoms with van der Waals surface area (Å²) in [5.74, 6) is -0.236. The van der Waals surface area contributed by atoms with Gasteiger partial charge in [-0.2, -0.15) is 0 Å².